The van der Waals surface area contributed by atoms with Gasteiger partial charge in [0.05, 0.1) is 22.2 Å². The lowest BCUT2D eigenvalue weighted by Crippen LogP contribution is -2.74. The third-order valence-electron chi connectivity index (χ3n) is 8.48. The summed E-state index contributed by atoms with van der Waals surface area (Å²) in [4.78, 5) is 14.6. The Bertz CT molecular complexity index is 2080. The number of benzene rings is 5. The van der Waals surface area contributed by atoms with E-state index < -0.39 is 8.07 Å². The highest BCUT2D eigenvalue weighted by Gasteiger charge is 2.41. The van der Waals surface area contributed by atoms with Gasteiger partial charge in [-0.1, -0.05) is 133 Å². The van der Waals surface area contributed by atoms with Gasteiger partial charge in [0.2, 0.25) is 5.95 Å². The lowest BCUT2D eigenvalue weighted by Gasteiger charge is -2.34. The maximum absolute atomic E-state index is 5.17. The van der Waals surface area contributed by atoms with Crippen molar-refractivity contribution in [2.45, 2.75) is 0 Å². The van der Waals surface area contributed by atoms with E-state index in [9.17, 15) is 0 Å². The molecule has 208 valence electrons. The fourth-order valence-corrected chi connectivity index (χ4v) is 11.4. The summed E-state index contributed by atoms with van der Waals surface area (Å²) in [6, 6.07) is 56.3. The zero-order valence-electron chi connectivity index (χ0n) is 24.0. The highest BCUT2D eigenvalue weighted by atomic mass is 28.3. The van der Waals surface area contributed by atoms with Crippen LogP contribution in [-0.4, -0.2) is 27.6 Å². The van der Waals surface area contributed by atoms with Crippen LogP contribution < -0.4 is 20.7 Å². The summed E-state index contributed by atoms with van der Waals surface area (Å²) >= 11 is 0. The van der Waals surface area contributed by atoms with Crippen LogP contribution in [0.15, 0.2) is 170 Å². The molecule has 8 aromatic rings. The molecule has 0 radical (unpaired) electrons. The first-order valence-corrected chi connectivity index (χ1v) is 16.8. The number of hydrogen-bond donors (Lipinski definition) is 0. The molecule has 5 heteroatoms. The molecule has 0 aliphatic carbocycles. The Morgan fingerprint density at radius 2 is 1.05 bits per heavy atom. The molecule has 8 rings (SSSR count). The van der Waals surface area contributed by atoms with Crippen LogP contribution in [0.3, 0.4) is 0 Å². The number of para-hydroxylation sites is 1. The molecule has 0 saturated heterocycles. The fourth-order valence-electron chi connectivity index (χ4n) is 6.59. The Morgan fingerprint density at radius 1 is 0.455 bits per heavy atom. The molecule has 44 heavy (non-hydrogen) atoms. The highest BCUT2D eigenvalue weighted by Crippen LogP contribution is 2.29. The lowest BCUT2D eigenvalue weighted by molar-refractivity contribution is 0.991. The number of nitrogens with zero attached hydrogens (tertiary/aromatic N) is 4. The molecule has 4 nitrogen and oxygen atoms in total. The summed E-state index contributed by atoms with van der Waals surface area (Å²) in [7, 11) is -2.66. The second kappa shape index (κ2) is 10.9. The minimum absolute atomic E-state index is 0.629. The summed E-state index contributed by atoms with van der Waals surface area (Å²) in [5.41, 5.74) is 4.91. The summed E-state index contributed by atoms with van der Waals surface area (Å²) < 4.78 is 2.11. The summed E-state index contributed by atoms with van der Waals surface area (Å²) in [5.74, 6) is 0.629. The topological polar surface area (TPSA) is 43.6 Å². The number of fused-ring (bicyclic) bond motifs is 3. The molecule has 0 aliphatic heterocycles. The first-order valence-electron chi connectivity index (χ1n) is 14.8. The van der Waals surface area contributed by atoms with Gasteiger partial charge < -0.3 is 0 Å². The molecule has 5 aromatic carbocycles. The van der Waals surface area contributed by atoms with E-state index in [-0.39, 0.29) is 0 Å². The molecule has 0 bridgehead atoms. The monoisotopic (exact) mass is 580 g/mol. The Balaban J connectivity index is 1.35. The average Bonchev–Trinajstić information content (AvgIpc) is 3.45. The molecule has 3 heterocycles. The van der Waals surface area contributed by atoms with E-state index in [0.717, 1.165) is 33.2 Å². The molecule has 0 aliphatic rings. The molecular weight excluding hydrogens is 553 g/mol. The van der Waals surface area contributed by atoms with Crippen LogP contribution in [0.2, 0.25) is 0 Å². The van der Waals surface area contributed by atoms with Crippen LogP contribution >= 0.6 is 0 Å². The summed E-state index contributed by atoms with van der Waals surface area (Å²) in [5, 5.41) is 6.42. The normalized spacial score (nSPS) is 11.6. The van der Waals surface area contributed by atoms with Gasteiger partial charge in [-0.2, -0.15) is 0 Å². The van der Waals surface area contributed by atoms with Gasteiger partial charge in [-0.3, -0.25) is 9.55 Å². The van der Waals surface area contributed by atoms with Crippen molar-refractivity contribution in [1.29, 1.82) is 0 Å². The van der Waals surface area contributed by atoms with Crippen LogP contribution in [-0.2, 0) is 0 Å². The Hall–Kier alpha value is -5.65. The van der Waals surface area contributed by atoms with E-state index in [1.165, 1.54) is 20.7 Å². The Labute approximate surface area is 257 Å². The van der Waals surface area contributed by atoms with Crippen molar-refractivity contribution in [3.05, 3.63) is 170 Å². The lowest BCUT2D eigenvalue weighted by atomic mass is 10.1. The zero-order chi connectivity index (χ0) is 29.3. The number of hydrogen-bond acceptors (Lipinski definition) is 3. The van der Waals surface area contributed by atoms with Gasteiger partial charge in [0.1, 0.15) is 0 Å². The molecule has 0 atom stereocenters. The molecule has 0 N–H and O–H groups in total. The molecular formula is C39H28N4Si. The van der Waals surface area contributed by atoms with Crippen molar-refractivity contribution < 1.29 is 0 Å². The third-order valence-corrected chi connectivity index (χ3v) is 13.3. The van der Waals surface area contributed by atoms with Crippen LogP contribution in [0.25, 0.3) is 39.1 Å². The highest BCUT2D eigenvalue weighted by molar-refractivity contribution is 7.19. The van der Waals surface area contributed by atoms with Crippen molar-refractivity contribution in [1.82, 2.24) is 19.5 Å². The smallest absolute Gasteiger partial charge is 0.235 e. The van der Waals surface area contributed by atoms with Gasteiger partial charge in [-0.25, -0.2) is 9.97 Å². The number of rotatable bonds is 6. The van der Waals surface area contributed by atoms with Crippen molar-refractivity contribution in [2.75, 3.05) is 0 Å². The van der Waals surface area contributed by atoms with Gasteiger partial charge in [-0.15, -0.1) is 0 Å². The predicted molar refractivity (Wildman–Crippen MR) is 183 cm³/mol. The molecule has 0 spiro atoms. The zero-order valence-corrected chi connectivity index (χ0v) is 25.0. The quantitative estimate of drug-likeness (QED) is 0.179. The van der Waals surface area contributed by atoms with Crippen molar-refractivity contribution >= 4 is 50.8 Å². The first-order chi connectivity index (χ1) is 21.8. The van der Waals surface area contributed by atoms with Gasteiger partial charge in [0, 0.05) is 23.3 Å². The fraction of sp³-hybridized carbons (Fsp3) is 0. The van der Waals surface area contributed by atoms with Gasteiger partial charge in [0.15, 0.2) is 8.07 Å². The molecule has 0 unspecified atom stereocenters. The molecule has 0 saturated carbocycles. The van der Waals surface area contributed by atoms with Crippen LogP contribution in [0.1, 0.15) is 0 Å². The number of aromatic nitrogens is 4. The maximum Gasteiger partial charge on any atom is 0.235 e. The number of pyridine rings is 1. The molecule has 0 fully saturated rings. The summed E-state index contributed by atoms with van der Waals surface area (Å²) in [6.07, 6.45) is 3.70. The summed E-state index contributed by atoms with van der Waals surface area (Å²) in [6.45, 7) is 0. The largest absolute Gasteiger partial charge is 0.276 e. The van der Waals surface area contributed by atoms with Gasteiger partial charge in [-0.05, 0) is 45.0 Å². The van der Waals surface area contributed by atoms with Crippen LogP contribution in [0.4, 0.5) is 0 Å². The van der Waals surface area contributed by atoms with E-state index in [1.807, 2.05) is 36.7 Å². The SMILES string of the molecule is c1ccc([Si](c2ccccc2)(c2ccccc2)c2cccc(-c3ccnc(-n4c5ccccc5c5ncccc54)n3)c2)cc1. The Kier molecular flexibility index (Phi) is 6.43. The van der Waals surface area contributed by atoms with E-state index in [4.69, 9.17) is 9.97 Å². The van der Waals surface area contributed by atoms with Gasteiger partial charge >= 0.3 is 0 Å². The molecule has 0 amide bonds. The van der Waals surface area contributed by atoms with Gasteiger partial charge in [0.25, 0.3) is 0 Å². The third kappa shape index (κ3) is 4.17. The Morgan fingerprint density at radius 3 is 1.73 bits per heavy atom. The van der Waals surface area contributed by atoms with Crippen molar-refractivity contribution in [3.8, 4) is 17.2 Å². The van der Waals surface area contributed by atoms with Crippen LogP contribution in [0.5, 0.6) is 0 Å². The van der Waals surface area contributed by atoms with Crippen molar-refractivity contribution in [2.24, 2.45) is 0 Å². The standard InChI is InChI=1S/C39H28N4Si/c1-4-15-30(16-5-1)44(31-17-6-2-7-18-31,32-19-8-3-9-20-32)33-21-12-14-29(28-33)35-25-27-41-39(42-35)43-36-23-11-10-22-34(36)38-37(43)24-13-26-40-38/h1-28H. The second-order valence-corrected chi connectivity index (χ2v) is 14.7. The second-order valence-electron chi connectivity index (χ2n) is 10.9. The average molecular weight is 581 g/mol. The van der Waals surface area contributed by atoms with Crippen molar-refractivity contribution in [3.63, 3.8) is 0 Å². The minimum atomic E-state index is -2.66. The first kappa shape index (κ1) is 26.0. The van der Waals surface area contributed by atoms with E-state index >= 15 is 0 Å². The van der Waals surface area contributed by atoms with E-state index in [2.05, 4.69) is 143 Å². The van der Waals surface area contributed by atoms with Crippen LogP contribution in [0, 0.1) is 0 Å². The molecule has 3 aromatic heterocycles. The van der Waals surface area contributed by atoms with E-state index in [1.54, 1.807) is 0 Å². The van der Waals surface area contributed by atoms with E-state index in [0.29, 0.717) is 5.95 Å². The minimum Gasteiger partial charge on any atom is -0.276 e. The maximum atomic E-state index is 5.17. The predicted octanol–water partition coefficient (Wildman–Crippen LogP) is 6.01.